The second kappa shape index (κ2) is 35.0. The molecular formula is C62H87N11O18S. The van der Waals surface area contributed by atoms with E-state index >= 15 is 0 Å². The molecule has 3 aliphatic rings. The number of carbonyl (C=O) groups is 7. The number of nitrogens with zero attached hydrogens (tertiary/aromatic N) is 4. The van der Waals surface area contributed by atoms with Crippen molar-refractivity contribution < 1.29 is 88.6 Å². The lowest BCUT2D eigenvalue weighted by atomic mass is 9.98. The van der Waals surface area contributed by atoms with E-state index in [1.165, 1.54) is 48.6 Å². The number of rotatable bonds is 26. The standard InChI is InChI=1S/C62H87N11O18S/c1-34-32-73-52(53(34)81)58(86)65-31-40(76)29-43(66-54(82)37-10-12-38(13-11-37)59-70-71-60(92-59)39-14-16-42(17-15-39)90-25-8-6-4-5-7-24-89-3)55(83)67-49(35(2)75)61(87)72-33-41(77)30-44(72)56(84)68-50(57(85)69-51(62(73)88)46(79)19-20-63)47(80)27-36-9-18-45(78)48(28-36)91-26-22-64-21-23-74/h9-18,28,34-35,40-41,43-44,46-47,49-53,64,74-81H,4-8,19-27,29-33,63H2,1-3H3,(H,65,86)(H,66,82)(H,67,83)(H,68,84)(H,69,85)/t34-,35+,40+,41+,43-,44-,46+,47+,49-,50-,51-,52-,53-/m0/s1. The van der Waals surface area contributed by atoms with Crippen LogP contribution < -0.4 is 47.1 Å². The number of β-amino-alcohol motifs (C(OH)–C–C–N with tert-alkyl or cyclic N) is 1. The van der Waals surface area contributed by atoms with Gasteiger partial charge in [-0.15, -0.1) is 10.2 Å². The Labute approximate surface area is 536 Å². The second-order valence-corrected chi connectivity index (χ2v) is 24.3. The van der Waals surface area contributed by atoms with Crippen molar-refractivity contribution in [2.45, 2.75) is 145 Å². The van der Waals surface area contributed by atoms with Gasteiger partial charge in [-0.3, -0.25) is 33.6 Å². The van der Waals surface area contributed by atoms with Gasteiger partial charge in [0.15, 0.2) is 11.5 Å². The Balaban J connectivity index is 1.14. The lowest BCUT2D eigenvalue weighted by Gasteiger charge is -2.34. The van der Waals surface area contributed by atoms with Gasteiger partial charge in [0.1, 0.15) is 58.6 Å². The van der Waals surface area contributed by atoms with Gasteiger partial charge < -0.3 is 102 Å². The molecule has 504 valence electrons. The third-order valence-electron chi connectivity index (χ3n) is 16.2. The Kier molecular flexibility index (Phi) is 27.3. The first kappa shape index (κ1) is 71.9. The number of aromatic hydroxyl groups is 1. The van der Waals surface area contributed by atoms with Gasteiger partial charge in [0, 0.05) is 88.3 Å². The number of aromatic nitrogens is 2. The van der Waals surface area contributed by atoms with Crippen molar-refractivity contribution in [3.05, 3.63) is 77.9 Å². The summed E-state index contributed by atoms with van der Waals surface area (Å²) in [4.78, 5) is 103. The number of benzene rings is 3. The summed E-state index contributed by atoms with van der Waals surface area (Å²) >= 11 is 1.30. The average molecular weight is 1310 g/mol. The number of nitrogens with two attached hydrogens (primary N) is 1. The van der Waals surface area contributed by atoms with Gasteiger partial charge in [-0.2, -0.15) is 0 Å². The molecule has 3 fully saturated rings. The number of aliphatic hydroxyl groups is 7. The van der Waals surface area contributed by atoms with Crippen LogP contribution in [-0.4, -0.2) is 248 Å². The van der Waals surface area contributed by atoms with Gasteiger partial charge in [-0.25, -0.2) is 0 Å². The molecule has 0 radical (unpaired) electrons. The van der Waals surface area contributed by atoms with Crippen LogP contribution in [0, 0.1) is 5.92 Å². The molecule has 0 aliphatic carbocycles. The van der Waals surface area contributed by atoms with Crippen molar-refractivity contribution >= 4 is 52.7 Å². The third-order valence-corrected chi connectivity index (χ3v) is 17.2. The van der Waals surface area contributed by atoms with Crippen LogP contribution in [0.15, 0.2) is 66.7 Å². The van der Waals surface area contributed by atoms with Crippen molar-refractivity contribution in [3.63, 3.8) is 0 Å². The predicted octanol–water partition coefficient (Wildman–Crippen LogP) is -2.19. The summed E-state index contributed by atoms with van der Waals surface area (Å²) in [5.74, 6) is -7.99. The van der Waals surface area contributed by atoms with Crippen molar-refractivity contribution in [1.82, 2.24) is 51.9 Å². The van der Waals surface area contributed by atoms with Crippen LogP contribution in [0.4, 0.5) is 0 Å². The molecule has 0 unspecified atom stereocenters. The number of ether oxygens (including phenoxy) is 3. The summed E-state index contributed by atoms with van der Waals surface area (Å²) in [5.41, 5.74) is 7.50. The molecule has 3 aliphatic heterocycles. The molecule has 92 heavy (non-hydrogen) atoms. The molecular weight excluding hydrogens is 1220 g/mol. The molecule has 13 atom stereocenters. The fourth-order valence-electron chi connectivity index (χ4n) is 11.1. The molecule has 16 N–H and O–H groups in total. The SMILES string of the molecule is COCCCCCCCOc1ccc(-c2nnc(-c3ccc(C(=O)N[C@H]4C[C@@H](O)CNC(=O)[C@@H]5[C@@H](O)[C@@H](C)CN5C(=O)[C@H]([C@H](O)CCN)NC(=O)[C@H]([C@H](O)Cc5ccc(O)c(OCCNCCO)c5)NC(=O)[C@@H]5C[C@@H](O)CN5C(=O)[C@H]([C@@H](C)O)NC4=O)cc3)s2)cc1. The van der Waals surface area contributed by atoms with E-state index in [9.17, 15) is 69.3 Å². The largest absolute Gasteiger partial charge is 0.504 e. The number of nitrogens with one attached hydrogen (secondary N) is 6. The zero-order valence-electron chi connectivity index (χ0n) is 51.7. The highest BCUT2D eigenvalue weighted by Crippen LogP contribution is 2.33. The van der Waals surface area contributed by atoms with Crippen LogP contribution >= 0.6 is 11.3 Å². The quantitative estimate of drug-likeness (QED) is 0.0297. The van der Waals surface area contributed by atoms with Crippen LogP contribution in [0.5, 0.6) is 17.2 Å². The maximum absolute atomic E-state index is 14.8. The van der Waals surface area contributed by atoms with Crippen LogP contribution in [0.25, 0.3) is 21.1 Å². The molecule has 29 nitrogen and oxygen atoms in total. The molecule has 30 heteroatoms. The lowest BCUT2D eigenvalue weighted by Crippen LogP contribution is -2.64. The number of phenolic OH excluding ortho intramolecular Hbond substituents is 1. The highest BCUT2D eigenvalue weighted by Gasteiger charge is 2.50. The maximum Gasteiger partial charge on any atom is 0.251 e. The highest BCUT2D eigenvalue weighted by atomic mass is 32.1. The zero-order valence-corrected chi connectivity index (χ0v) is 52.5. The van der Waals surface area contributed by atoms with Crippen LogP contribution in [0.2, 0.25) is 0 Å². The lowest BCUT2D eigenvalue weighted by molar-refractivity contribution is -0.147. The Morgan fingerprint density at radius 1 is 0.728 bits per heavy atom. The van der Waals surface area contributed by atoms with E-state index in [0.29, 0.717) is 22.2 Å². The van der Waals surface area contributed by atoms with Crippen molar-refractivity contribution in [3.8, 4) is 38.4 Å². The Hall–Kier alpha value is -7.49. The van der Waals surface area contributed by atoms with Gasteiger partial charge >= 0.3 is 0 Å². The number of hydrogen-bond donors (Lipinski definition) is 15. The fraction of sp³-hybridized carbons (Fsp3) is 0.565. The smallest absolute Gasteiger partial charge is 0.251 e. The predicted molar refractivity (Wildman–Crippen MR) is 333 cm³/mol. The monoisotopic (exact) mass is 1310 g/mol. The van der Waals surface area contributed by atoms with Gasteiger partial charge in [-0.05, 0) is 86.8 Å². The zero-order chi connectivity index (χ0) is 66.6. The number of unbranched alkanes of at least 4 members (excludes halogenated alkanes) is 4. The van der Waals surface area contributed by atoms with E-state index in [1.807, 2.05) is 24.3 Å². The molecule has 0 saturated carbocycles. The molecule has 3 aromatic carbocycles. The van der Waals surface area contributed by atoms with E-state index in [2.05, 4.69) is 42.1 Å². The molecule has 7 amide bonds. The molecule has 4 heterocycles. The minimum Gasteiger partial charge on any atom is -0.504 e. The summed E-state index contributed by atoms with van der Waals surface area (Å²) in [6.45, 7) is 2.76. The maximum atomic E-state index is 14.8. The molecule has 3 saturated heterocycles. The topological polar surface area (TPSA) is 439 Å². The van der Waals surface area contributed by atoms with Crippen LogP contribution in [0.3, 0.4) is 0 Å². The van der Waals surface area contributed by atoms with E-state index in [-0.39, 0.29) is 68.4 Å². The first-order valence-electron chi connectivity index (χ1n) is 30.9. The summed E-state index contributed by atoms with van der Waals surface area (Å²) in [7, 11) is 1.70. The number of amides is 7. The summed E-state index contributed by atoms with van der Waals surface area (Å²) in [5, 5.41) is 114. The van der Waals surface area contributed by atoms with Gasteiger partial charge in [0.25, 0.3) is 5.91 Å². The summed E-state index contributed by atoms with van der Waals surface area (Å²) < 4.78 is 16.7. The number of hydrogen-bond acceptors (Lipinski definition) is 23. The Bertz CT molecular complexity index is 3090. The molecule has 1 aromatic heterocycles. The van der Waals surface area contributed by atoms with E-state index < -0.39 is 152 Å². The minimum atomic E-state index is -2.06. The highest BCUT2D eigenvalue weighted by molar-refractivity contribution is 7.17. The van der Waals surface area contributed by atoms with Gasteiger partial charge in [-0.1, -0.05) is 55.7 Å². The third kappa shape index (κ3) is 19.5. The number of phenols is 1. The minimum absolute atomic E-state index is 0.0300. The number of carbonyl (C=O) groups excluding carboxylic acids is 7. The molecule has 0 spiro atoms. The fourth-order valence-corrected chi connectivity index (χ4v) is 11.9. The Morgan fingerprint density at radius 2 is 1.37 bits per heavy atom. The number of aliphatic hydroxyl groups excluding tert-OH is 7. The van der Waals surface area contributed by atoms with E-state index in [0.717, 1.165) is 66.7 Å². The van der Waals surface area contributed by atoms with Crippen LogP contribution in [0.1, 0.15) is 81.1 Å². The van der Waals surface area contributed by atoms with Gasteiger partial charge in [0.05, 0.1) is 49.8 Å². The van der Waals surface area contributed by atoms with Gasteiger partial charge in [0.2, 0.25) is 35.4 Å². The summed E-state index contributed by atoms with van der Waals surface area (Å²) in [6.07, 6.45) is -6.70. The van der Waals surface area contributed by atoms with Crippen molar-refractivity contribution in [2.24, 2.45) is 11.7 Å². The number of methoxy groups -OCH3 is 1. The van der Waals surface area contributed by atoms with E-state index in [1.54, 1.807) is 19.2 Å². The Morgan fingerprint density at radius 3 is 2.03 bits per heavy atom. The molecule has 0 bridgehead atoms. The average Bonchev–Trinajstić information content (AvgIpc) is 1.63. The van der Waals surface area contributed by atoms with Crippen LogP contribution in [-0.2, 0) is 39.9 Å². The first-order chi connectivity index (χ1) is 44.1. The summed E-state index contributed by atoms with van der Waals surface area (Å²) in [6, 6.07) is 6.62. The normalized spacial score (nSPS) is 24.7. The van der Waals surface area contributed by atoms with E-state index in [4.69, 9.17) is 25.1 Å². The van der Waals surface area contributed by atoms with Crippen molar-refractivity contribution in [1.29, 1.82) is 0 Å². The first-order valence-corrected chi connectivity index (χ1v) is 31.8. The number of fused-ring (bicyclic) bond motifs is 2. The molecule has 7 rings (SSSR count). The second-order valence-electron chi connectivity index (χ2n) is 23.3. The van der Waals surface area contributed by atoms with Crippen molar-refractivity contribution in [2.75, 3.05) is 72.8 Å². The molecule has 4 aromatic rings.